The molecule has 0 bridgehead atoms. The molecule has 3 atom stereocenters. The van der Waals surface area contributed by atoms with Crippen LogP contribution in [0.15, 0.2) is 122 Å². The van der Waals surface area contributed by atoms with Crippen molar-refractivity contribution >= 4 is 19.7 Å². The first kappa shape index (κ1) is 73.4. The molecule has 2 N–H and O–H groups in total. The van der Waals surface area contributed by atoms with Crippen LogP contribution in [-0.4, -0.2) is 74.3 Å². The number of ether oxygens (including phenoxy) is 1. The maximum Gasteiger partial charge on any atom is 0.472 e. The number of carbonyl (C=O) groups is 2. The Kier molecular flexibility index (Phi) is 53.1. The predicted molar refractivity (Wildman–Crippen MR) is 332 cm³/mol. The number of nitrogens with zero attached hydrogens (tertiary/aromatic N) is 1. The standard InChI is InChI=1S/C67H115N2O7P/c1-7-10-13-16-19-22-25-27-29-31-33-34-36-37-39-41-44-47-50-53-56-59-66(70)68-64(63-75-77(72,73)74-62-61-69(4,5)6)65(58-55-52-49-46-43-24-21-18-15-12-9-3)76-67(71)60-57-54-51-48-45-42-40-38-35-32-30-28-26-23-20-17-14-11-8-2/h11,14,19-20,22-23,27-30,33-35,38,42,45,51,54-55,58,64-65H,7-10,12-13,15-18,21,24-26,31-32,36-37,39-41,43-44,46-50,52-53,56-57,59-63H2,1-6H3,(H-,68,70,72,73)/p+1/b14-11-,22-19-,23-20-,29-27-,30-28-,34-33-,38-35-,45-42-,54-51-,58-55+. The minimum Gasteiger partial charge on any atom is -0.456 e. The number of unbranched alkanes of at least 4 members (excludes halogenated alkanes) is 20. The van der Waals surface area contributed by atoms with Crippen LogP contribution in [0.25, 0.3) is 0 Å². The Balaban J connectivity index is 5.35. The number of phosphoric ester groups is 1. The van der Waals surface area contributed by atoms with Crippen molar-refractivity contribution in [2.24, 2.45) is 0 Å². The first-order valence-electron chi connectivity index (χ1n) is 30.9. The highest BCUT2D eigenvalue weighted by molar-refractivity contribution is 7.47. The minimum atomic E-state index is -4.47. The molecule has 77 heavy (non-hydrogen) atoms. The zero-order valence-corrected chi connectivity index (χ0v) is 51.1. The van der Waals surface area contributed by atoms with Gasteiger partial charge < -0.3 is 19.4 Å². The molecule has 0 saturated heterocycles. The number of phosphoric acid groups is 1. The van der Waals surface area contributed by atoms with Crippen LogP contribution in [0, 0.1) is 0 Å². The van der Waals surface area contributed by atoms with Crippen molar-refractivity contribution in [1.82, 2.24) is 5.32 Å². The fourth-order valence-corrected chi connectivity index (χ4v) is 8.88. The molecule has 0 aromatic carbocycles. The van der Waals surface area contributed by atoms with Crippen molar-refractivity contribution in [3.63, 3.8) is 0 Å². The van der Waals surface area contributed by atoms with Gasteiger partial charge in [-0.15, -0.1) is 0 Å². The maximum atomic E-state index is 13.5. The van der Waals surface area contributed by atoms with Crippen molar-refractivity contribution in [2.75, 3.05) is 40.9 Å². The molecule has 0 aliphatic carbocycles. The zero-order chi connectivity index (χ0) is 56.4. The number of carbonyl (C=O) groups excluding carboxylic acids is 2. The molecule has 10 heteroatoms. The van der Waals surface area contributed by atoms with Gasteiger partial charge in [-0.25, -0.2) is 4.57 Å². The highest BCUT2D eigenvalue weighted by Crippen LogP contribution is 2.43. The second-order valence-corrected chi connectivity index (χ2v) is 22.9. The van der Waals surface area contributed by atoms with E-state index in [0.29, 0.717) is 23.9 Å². The van der Waals surface area contributed by atoms with E-state index < -0.39 is 25.9 Å². The summed E-state index contributed by atoms with van der Waals surface area (Å²) in [6.07, 6.45) is 77.8. The van der Waals surface area contributed by atoms with Gasteiger partial charge in [0.15, 0.2) is 0 Å². The van der Waals surface area contributed by atoms with Crippen LogP contribution in [0.4, 0.5) is 0 Å². The quantitative estimate of drug-likeness (QED) is 0.0205. The molecule has 9 nitrogen and oxygen atoms in total. The minimum absolute atomic E-state index is 0.0211. The summed E-state index contributed by atoms with van der Waals surface area (Å²) in [6.45, 7) is 6.79. The van der Waals surface area contributed by atoms with Gasteiger partial charge in [0.25, 0.3) is 0 Å². The average Bonchev–Trinajstić information content (AvgIpc) is 3.39. The van der Waals surface area contributed by atoms with Crippen LogP contribution in [0.1, 0.15) is 239 Å². The number of nitrogens with one attached hydrogen (secondary N) is 1. The van der Waals surface area contributed by atoms with Crippen LogP contribution in [0.3, 0.4) is 0 Å². The first-order valence-corrected chi connectivity index (χ1v) is 32.4. The lowest BCUT2D eigenvalue weighted by atomic mass is 10.1. The van der Waals surface area contributed by atoms with E-state index in [1.165, 1.54) is 96.3 Å². The largest absolute Gasteiger partial charge is 0.472 e. The Labute approximate surface area is 473 Å². The van der Waals surface area contributed by atoms with Crippen LogP contribution < -0.4 is 5.32 Å². The van der Waals surface area contributed by atoms with Gasteiger partial charge in [0.1, 0.15) is 19.3 Å². The highest BCUT2D eigenvalue weighted by Gasteiger charge is 2.30. The molecule has 0 saturated carbocycles. The highest BCUT2D eigenvalue weighted by atomic mass is 31.2. The lowest BCUT2D eigenvalue weighted by Crippen LogP contribution is -2.47. The number of rotatable bonds is 54. The summed E-state index contributed by atoms with van der Waals surface area (Å²) in [7, 11) is 1.43. The van der Waals surface area contributed by atoms with Crippen molar-refractivity contribution in [3.05, 3.63) is 122 Å². The summed E-state index contributed by atoms with van der Waals surface area (Å²) < 4.78 is 30.6. The molecule has 440 valence electrons. The molecule has 0 rings (SSSR count). The first-order chi connectivity index (χ1) is 37.4. The molecule has 0 spiro atoms. The van der Waals surface area contributed by atoms with Crippen LogP contribution in [0.5, 0.6) is 0 Å². The smallest absolute Gasteiger partial charge is 0.456 e. The third-order valence-corrected chi connectivity index (χ3v) is 13.9. The van der Waals surface area contributed by atoms with Crippen LogP contribution in [0.2, 0.25) is 0 Å². The Bertz CT molecular complexity index is 1730. The number of hydrogen-bond acceptors (Lipinski definition) is 6. The van der Waals surface area contributed by atoms with Gasteiger partial charge in [-0.2, -0.15) is 0 Å². The maximum absolute atomic E-state index is 13.5. The van der Waals surface area contributed by atoms with Crippen molar-refractivity contribution in [2.45, 2.75) is 251 Å². The average molecular weight is 1090 g/mol. The normalized spacial score (nSPS) is 14.5. The number of esters is 1. The number of hydrogen-bond donors (Lipinski definition) is 2. The summed E-state index contributed by atoms with van der Waals surface area (Å²) in [4.78, 5) is 37.7. The lowest BCUT2D eigenvalue weighted by molar-refractivity contribution is -0.870. The van der Waals surface area contributed by atoms with E-state index in [0.717, 1.165) is 103 Å². The predicted octanol–water partition coefficient (Wildman–Crippen LogP) is 19.1. The Hall–Kier alpha value is -3.59. The van der Waals surface area contributed by atoms with Crippen LogP contribution in [-0.2, 0) is 27.9 Å². The fourth-order valence-electron chi connectivity index (χ4n) is 8.15. The van der Waals surface area contributed by atoms with Gasteiger partial charge in [-0.1, -0.05) is 239 Å². The summed E-state index contributed by atoms with van der Waals surface area (Å²) in [5.74, 6) is -0.619. The van der Waals surface area contributed by atoms with Gasteiger partial charge in [-0.05, 0) is 109 Å². The third-order valence-electron chi connectivity index (χ3n) is 12.9. The summed E-state index contributed by atoms with van der Waals surface area (Å²) in [6, 6.07) is -0.891. The van der Waals surface area contributed by atoms with Gasteiger partial charge in [-0.3, -0.25) is 18.6 Å². The van der Waals surface area contributed by atoms with E-state index >= 15 is 0 Å². The molecule has 3 unspecified atom stereocenters. The Morgan fingerprint density at radius 2 is 0.844 bits per heavy atom. The van der Waals surface area contributed by atoms with E-state index in [4.69, 9.17) is 13.8 Å². The zero-order valence-electron chi connectivity index (χ0n) is 50.2. The van der Waals surface area contributed by atoms with Crippen LogP contribution >= 0.6 is 7.82 Å². The van der Waals surface area contributed by atoms with E-state index in [-0.39, 0.29) is 25.5 Å². The monoisotopic (exact) mass is 1090 g/mol. The lowest BCUT2D eigenvalue weighted by Gasteiger charge is -2.27. The van der Waals surface area contributed by atoms with E-state index in [9.17, 15) is 19.0 Å². The Morgan fingerprint density at radius 3 is 1.30 bits per heavy atom. The van der Waals surface area contributed by atoms with Gasteiger partial charge in [0.2, 0.25) is 5.91 Å². The molecule has 0 heterocycles. The molecule has 0 aromatic rings. The summed E-state index contributed by atoms with van der Waals surface area (Å²) in [5, 5.41) is 3.03. The van der Waals surface area contributed by atoms with Gasteiger partial charge in [0.05, 0.1) is 33.8 Å². The number of amides is 1. The number of likely N-dealkylation sites (N-methyl/N-ethyl adjacent to an activating group) is 1. The van der Waals surface area contributed by atoms with E-state index in [1.807, 2.05) is 39.4 Å². The molecular weight excluding hydrogens is 976 g/mol. The Morgan fingerprint density at radius 1 is 0.468 bits per heavy atom. The number of quaternary nitrogens is 1. The van der Waals surface area contributed by atoms with Crippen molar-refractivity contribution in [1.29, 1.82) is 0 Å². The van der Waals surface area contributed by atoms with Gasteiger partial charge >= 0.3 is 13.8 Å². The van der Waals surface area contributed by atoms with Crippen molar-refractivity contribution < 1.29 is 37.3 Å². The molecule has 1 amide bonds. The molecular formula is C67H116N2O7P+. The van der Waals surface area contributed by atoms with Gasteiger partial charge in [0, 0.05) is 12.8 Å². The molecule has 0 fully saturated rings. The third kappa shape index (κ3) is 56.9. The summed E-state index contributed by atoms with van der Waals surface area (Å²) in [5.41, 5.74) is 0. The van der Waals surface area contributed by atoms with E-state index in [2.05, 4.69) is 129 Å². The summed E-state index contributed by atoms with van der Waals surface area (Å²) >= 11 is 0. The SMILES string of the molecule is CC/C=C\C/C=C\C/C=C\C/C=C\C/C=C\C/C=C\CCC(=O)OC(/C=C/CCCCCCCCCCC)C(COP(=O)(O)OCC[N+](C)(C)C)NC(=O)CCCCCCCCCC/C=C\C/C=C\C/C=C\CCCCC. The van der Waals surface area contributed by atoms with Crippen molar-refractivity contribution in [3.8, 4) is 0 Å². The second kappa shape index (κ2) is 55.7. The molecule has 0 aromatic heterocycles. The molecule has 0 aliphatic heterocycles. The molecule has 0 radical (unpaired) electrons. The second-order valence-electron chi connectivity index (χ2n) is 21.5. The molecule has 0 aliphatic rings. The topological polar surface area (TPSA) is 111 Å². The number of allylic oxidation sites excluding steroid dienone is 19. The van der Waals surface area contributed by atoms with E-state index in [1.54, 1.807) is 0 Å². The fraction of sp³-hybridized carbons (Fsp3) is 0.672.